The van der Waals surface area contributed by atoms with Crippen molar-refractivity contribution in [3.05, 3.63) is 11.6 Å². The van der Waals surface area contributed by atoms with Crippen LogP contribution in [0.25, 0.3) is 0 Å². The highest BCUT2D eigenvalue weighted by atomic mass is 35.5. The molecule has 1 nitrogen and oxygen atoms in total. The molecule has 0 amide bonds. The summed E-state index contributed by atoms with van der Waals surface area (Å²) in [6.07, 6.45) is 4.02. The average molecular weight is 196 g/mol. The molecule has 0 spiro atoms. The molecule has 0 bridgehead atoms. The molecule has 1 N–H and O–H groups in total. The van der Waals surface area contributed by atoms with Gasteiger partial charge in [-0.25, -0.2) is 0 Å². The fourth-order valence-corrected chi connectivity index (χ4v) is 1.21. The van der Waals surface area contributed by atoms with Crippen LogP contribution in [0.2, 0.25) is 0 Å². The zero-order chi connectivity index (χ0) is 8.53. The van der Waals surface area contributed by atoms with Gasteiger partial charge in [-0.2, -0.15) is 0 Å². The molecule has 1 atom stereocenters. The molecule has 0 aliphatic heterocycles. The minimum Gasteiger partial charge on any atom is -0.310 e. The van der Waals surface area contributed by atoms with E-state index in [0.717, 1.165) is 25.3 Å². The maximum atomic E-state index is 5.60. The molecule has 66 valence electrons. The van der Waals surface area contributed by atoms with Gasteiger partial charge in [0.2, 0.25) is 0 Å². The first-order valence-corrected chi connectivity index (χ1v) is 4.86. The van der Waals surface area contributed by atoms with Gasteiger partial charge in [0.05, 0.1) is 0 Å². The van der Waals surface area contributed by atoms with Crippen LogP contribution in [0.4, 0.5) is 0 Å². The minimum absolute atomic E-state index is 0.528. The summed E-state index contributed by atoms with van der Waals surface area (Å²) in [5.41, 5.74) is 1.53. The van der Waals surface area contributed by atoms with Crippen molar-refractivity contribution in [1.82, 2.24) is 5.32 Å². The highest BCUT2D eigenvalue weighted by molar-refractivity contribution is 6.25. The Labute approximate surface area is 78.8 Å². The lowest BCUT2D eigenvalue weighted by Gasteiger charge is -2.13. The molecule has 0 aliphatic carbocycles. The Kier molecular flexibility index (Phi) is 8.59. The first kappa shape index (κ1) is 11.3. The molecule has 3 heteroatoms. The lowest BCUT2D eigenvalue weighted by atomic mass is 10.2. The van der Waals surface area contributed by atoms with Gasteiger partial charge >= 0.3 is 0 Å². The number of hydrogen-bond acceptors (Lipinski definition) is 1. The molecular weight excluding hydrogens is 181 g/mol. The van der Waals surface area contributed by atoms with Crippen molar-refractivity contribution in [2.45, 2.75) is 25.8 Å². The van der Waals surface area contributed by atoms with Crippen LogP contribution in [-0.2, 0) is 0 Å². The molecule has 0 fully saturated rings. The highest BCUT2D eigenvalue weighted by Gasteiger charge is 2.01. The van der Waals surface area contributed by atoms with Gasteiger partial charge in [0.25, 0.3) is 0 Å². The zero-order valence-electron chi connectivity index (χ0n) is 6.82. The summed E-state index contributed by atoms with van der Waals surface area (Å²) < 4.78 is 0. The third-order valence-corrected chi connectivity index (χ3v) is 1.96. The van der Waals surface area contributed by atoms with Gasteiger partial charge in [0.1, 0.15) is 0 Å². The van der Waals surface area contributed by atoms with Crippen molar-refractivity contribution in [2.75, 3.05) is 12.4 Å². The molecule has 0 saturated heterocycles. The normalized spacial score (nSPS) is 14.1. The summed E-state index contributed by atoms with van der Waals surface area (Å²) in [6.45, 7) is 2.98. The van der Waals surface area contributed by atoms with E-state index in [-0.39, 0.29) is 0 Å². The Morgan fingerprint density at radius 3 is 2.73 bits per heavy atom. The molecule has 0 heterocycles. The summed E-state index contributed by atoms with van der Waals surface area (Å²) in [5.74, 6) is 0.718. The van der Waals surface area contributed by atoms with E-state index in [9.17, 15) is 0 Å². The summed E-state index contributed by atoms with van der Waals surface area (Å²) in [6, 6.07) is 0.528. The summed E-state index contributed by atoms with van der Waals surface area (Å²) in [7, 11) is 0. The quantitative estimate of drug-likeness (QED) is 0.644. The van der Waals surface area contributed by atoms with Gasteiger partial charge in [0, 0.05) is 24.0 Å². The predicted octanol–water partition coefficient (Wildman–Crippen LogP) is 2.74. The fraction of sp³-hybridized carbons (Fsp3) is 0.750. The molecule has 1 unspecified atom stereocenters. The summed E-state index contributed by atoms with van der Waals surface area (Å²) in [5, 5.41) is 3.32. The van der Waals surface area contributed by atoms with E-state index in [2.05, 4.69) is 12.2 Å². The number of alkyl halides is 1. The maximum absolute atomic E-state index is 5.60. The van der Waals surface area contributed by atoms with Crippen molar-refractivity contribution in [2.24, 2.45) is 0 Å². The summed E-state index contributed by atoms with van der Waals surface area (Å²) >= 11 is 11.0. The van der Waals surface area contributed by atoms with Crippen molar-refractivity contribution < 1.29 is 0 Å². The molecule has 0 aromatic heterocycles. The van der Waals surface area contributed by atoms with E-state index >= 15 is 0 Å². The number of nitrogens with one attached hydrogen (secondary N) is 1. The standard InChI is InChI=1S/C8H15Cl2N/c1-2-8(4-6-10)11-7-3-5-9/h3,5,8,11H,2,4,6-7H2,1H3/b5-3+. The van der Waals surface area contributed by atoms with E-state index in [1.807, 2.05) is 6.08 Å². The van der Waals surface area contributed by atoms with E-state index in [1.165, 1.54) is 5.54 Å². The molecule has 0 aromatic carbocycles. The van der Waals surface area contributed by atoms with E-state index in [0.29, 0.717) is 6.04 Å². The monoisotopic (exact) mass is 195 g/mol. The van der Waals surface area contributed by atoms with Gasteiger partial charge in [-0.1, -0.05) is 24.6 Å². The topological polar surface area (TPSA) is 12.0 Å². The van der Waals surface area contributed by atoms with Gasteiger partial charge in [-0.05, 0) is 12.8 Å². The van der Waals surface area contributed by atoms with Crippen LogP contribution in [0, 0.1) is 0 Å². The van der Waals surface area contributed by atoms with Crippen LogP contribution in [0.15, 0.2) is 11.6 Å². The molecule has 0 rings (SSSR count). The van der Waals surface area contributed by atoms with Crippen molar-refractivity contribution in [3.63, 3.8) is 0 Å². The highest BCUT2D eigenvalue weighted by Crippen LogP contribution is 1.98. The lowest BCUT2D eigenvalue weighted by molar-refractivity contribution is 0.512. The zero-order valence-corrected chi connectivity index (χ0v) is 8.33. The number of halogens is 2. The molecule has 0 aromatic rings. The molecule has 11 heavy (non-hydrogen) atoms. The van der Waals surface area contributed by atoms with Crippen molar-refractivity contribution in [3.8, 4) is 0 Å². The van der Waals surface area contributed by atoms with Crippen LogP contribution in [0.5, 0.6) is 0 Å². The molecule has 0 aliphatic rings. The van der Waals surface area contributed by atoms with Crippen LogP contribution in [0.3, 0.4) is 0 Å². The van der Waals surface area contributed by atoms with Gasteiger partial charge in [-0.15, -0.1) is 11.6 Å². The Bertz CT molecular complexity index is 104. The molecule has 0 saturated carbocycles. The predicted molar refractivity (Wildman–Crippen MR) is 52.4 cm³/mol. The second-order valence-electron chi connectivity index (χ2n) is 2.35. The van der Waals surface area contributed by atoms with Crippen LogP contribution >= 0.6 is 23.2 Å². The Balaban J connectivity index is 3.35. The van der Waals surface area contributed by atoms with Crippen molar-refractivity contribution in [1.29, 1.82) is 0 Å². The third-order valence-electron chi connectivity index (χ3n) is 1.56. The average Bonchev–Trinajstić information content (AvgIpc) is 2.03. The lowest BCUT2D eigenvalue weighted by Crippen LogP contribution is -2.28. The van der Waals surface area contributed by atoms with Gasteiger partial charge < -0.3 is 5.32 Å². The van der Waals surface area contributed by atoms with E-state index in [4.69, 9.17) is 23.2 Å². The van der Waals surface area contributed by atoms with Crippen LogP contribution < -0.4 is 5.32 Å². The Hall–Kier alpha value is 0.280. The maximum Gasteiger partial charge on any atom is 0.0238 e. The third kappa shape index (κ3) is 6.67. The minimum atomic E-state index is 0.528. The Morgan fingerprint density at radius 2 is 2.27 bits per heavy atom. The second-order valence-corrected chi connectivity index (χ2v) is 2.98. The first-order chi connectivity index (χ1) is 5.35. The summed E-state index contributed by atoms with van der Waals surface area (Å²) in [4.78, 5) is 0. The van der Waals surface area contributed by atoms with E-state index in [1.54, 1.807) is 0 Å². The SMILES string of the molecule is CCC(CCCl)NC/C=C/Cl. The van der Waals surface area contributed by atoms with Crippen LogP contribution in [0.1, 0.15) is 19.8 Å². The number of hydrogen-bond donors (Lipinski definition) is 1. The van der Waals surface area contributed by atoms with Gasteiger partial charge in [0.15, 0.2) is 0 Å². The van der Waals surface area contributed by atoms with Crippen LogP contribution in [-0.4, -0.2) is 18.5 Å². The first-order valence-electron chi connectivity index (χ1n) is 3.89. The second kappa shape index (κ2) is 8.38. The van der Waals surface area contributed by atoms with E-state index < -0.39 is 0 Å². The van der Waals surface area contributed by atoms with Crippen molar-refractivity contribution >= 4 is 23.2 Å². The molecular formula is C8H15Cl2N. The largest absolute Gasteiger partial charge is 0.310 e. The Morgan fingerprint density at radius 1 is 1.55 bits per heavy atom. The smallest absolute Gasteiger partial charge is 0.0238 e. The van der Waals surface area contributed by atoms with Gasteiger partial charge in [-0.3, -0.25) is 0 Å². The fourth-order valence-electron chi connectivity index (χ4n) is 0.861. The molecule has 0 radical (unpaired) electrons. The number of rotatable bonds is 6.